The lowest BCUT2D eigenvalue weighted by atomic mass is 10.1. The molecule has 0 aliphatic carbocycles. The molecule has 0 bridgehead atoms. The van der Waals surface area contributed by atoms with Gasteiger partial charge in [0.1, 0.15) is 11.6 Å². The van der Waals surface area contributed by atoms with Gasteiger partial charge < -0.3 is 4.74 Å². The molecule has 0 aromatic heterocycles. The molecule has 1 amide bonds. The van der Waals surface area contributed by atoms with Gasteiger partial charge >= 0.3 is 0 Å². The van der Waals surface area contributed by atoms with Crippen molar-refractivity contribution in [3.63, 3.8) is 0 Å². The summed E-state index contributed by atoms with van der Waals surface area (Å²) in [6.45, 7) is 0. The molecule has 2 aromatic rings. The fourth-order valence-corrected chi connectivity index (χ4v) is 1.96. The highest BCUT2D eigenvalue weighted by molar-refractivity contribution is 6.31. The molecule has 0 aliphatic rings. The number of ether oxygens (including phenoxy) is 1. The van der Waals surface area contributed by atoms with Gasteiger partial charge in [-0.3, -0.25) is 4.79 Å². The van der Waals surface area contributed by atoms with Crippen molar-refractivity contribution in [3.05, 3.63) is 64.4 Å². The average Bonchev–Trinajstić information content (AvgIpc) is 2.51. The van der Waals surface area contributed by atoms with Crippen LogP contribution in [0.25, 0.3) is 0 Å². The maximum absolute atomic E-state index is 13.4. The third kappa shape index (κ3) is 4.30. The first kappa shape index (κ1) is 16.0. The normalized spacial score (nSPS) is 10.7. The summed E-state index contributed by atoms with van der Waals surface area (Å²) in [6.07, 6.45) is 1.30. The molecule has 0 heterocycles. The predicted molar refractivity (Wildman–Crippen MR) is 83.8 cm³/mol. The molecule has 2 rings (SSSR count). The molecule has 0 radical (unpaired) electrons. The quantitative estimate of drug-likeness (QED) is 0.679. The number of benzene rings is 2. The minimum atomic E-state index is -0.406. The van der Waals surface area contributed by atoms with Crippen LogP contribution in [0.2, 0.25) is 5.02 Å². The molecule has 2 aromatic carbocycles. The van der Waals surface area contributed by atoms with Crippen LogP contribution in [0.1, 0.15) is 11.1 Å². The Bertz CT molecular complexity index is 704. The highest BCUT2D eigenvalue weighted by atomic mass is 35.5. The maximum atomic E-state index is 13.4. The average molecular weight is 321 g/mol. The summed E-state index contributed by atoms with van der Waals surface area (Å²) >= 11 is 6.02. The summed E-state index contributed by atoms with van der Waals surface area (Å²) in [5.74, 6) is -0.152. The zero-order valence-corrected chi connectivity index (χ0v) is 12.6. The Morgan fingerprint density at radius 3 is 2.86 bits per heavy atom. The predicted octanol–water partition coefficient (Wildman–Crippen LogP) is 3.18. The largest absolute Gasteiger partial charge is 0.497 e. The van der Waals surface area contributed by atoms with Crippen molar-refractivity contribution in [2.24, 2.45) is 5.10 Å². The highest BCUT2D eigenvalue weighted by Gasteiger charge is 2.08. The van der Waals surface area contributed by atoms with Crippen molar-refractivity contribution >= 4 is 23.7 Å². The van der Waals surface area contributed by atoms with Gasteiger partial charge in [0, 0.05) is 10.6 Å². The smallest absolute Gasteiger partial charge is 0.244 e. The molecule has 4 nitrogen and oxygen atoms in total. The molecule has 0 atom stereocenters. The lowest BCUT2D eigenvalue weighted by molar-refractivity contribution is -0.120. The summed E-state index contributed by atoms with van der Waals surface area (Å²) in [5.41, 5.74) is 3.25. The van der Waals surface area contributed by atoms with Crippen LogP contribution < -0.4 is 10.2 Å². The molecule has 1 N–H and O–H groups in total. The Kier molecular flexibility index (Phi) is 5.49. The Morgan fingerprint density at radius 2 is 2.14 bits per heavy atom. The second-order valence-electron chi connectivity index (χ2n) is 4.45. The van der Waals surface area contributed by atoms with Crippen LogP contribution in [0.3, 0.4) is 0 Å². The molecule has 0 aliphatic heterocycles. The summed E-state index contributed by atoms with van der Waals surface area (Å²) in [4.78, 5) is 11.8. The number of hydrazone groups is 1. The van der Waals surface area contributed by atoms with E-state index in [2.05, 4.69) is 10.5 Å². The van der Waals surface area contributed by atoms with Crippen LogP contribution in [0.4, 0.5) is 4.39 Å². The summed E-state index contributed by atoms with van der Waals surface area (Å²) < 4.78 is 18.4. The minimum Gasteiger partial charge on any atom is -0.497 e. The van der Waals surface area contributed by atoms with Gasteiger partial charge in [-0.1, -0.05) is 29.8 Å². The van der Waals surface area contributed by atoms with E-state index in [4.69, 9.17) is 16.3 Å². The van der Waals surface area contributed by atoms with E-state index in [0.29, 0.717) is 21.9 Å². The number of amides is 1. The van der Waals surface area contributed by atoms with Gasteiger partial charge in [0.25, 0.3) is 0 Å². The minimum absolute atomic E-state index is 0.0463. The van der Waals surface area contributed by atoms with Crippen LogP contribution in [0.15, 0.2) is 47.6 Å². The third-order valence-electron chi connectivity index (χ3n) is 2.90. The lowest BCUT2D eigenvalue weighted by Crippen LogP contribution is -2.20. The van der Waals surface area contributed by atoms with Gasteiger partial charge in [0.05, 0.1) is 19.7 Å². The van der Waals surface area contributed by atoms with Crippen LogP contribution in [-0.4, -0.2) is 19.2 Å². The van der Waals surface area contributed by atoms with Crippen molar-refractivity contribution in [1.82, 2.24) is 5.43 Å². The molecule has 0 saturated heterocycles. The van der Waals surface area contributed by atoms with Crippen molar-refractivity contribution in [3.8, 4) is 5.75 Å². The first-order chi connectivity index (χ1) is 10.6. The van der Waals surface area contributed by atoms with Crippen molar-refractivity contribution in [2.75, 3.05) is 7.11 Å². The maximum Gasteiger partial charge on any atom is 0.244 e. The topological polar surface area (TPSA) is 50.7 Å². The van der Waals surface area contributed by atoms with Crippen LogP contribution in [0, 0.1) is 5.82 Å². The number of carbonyl (C=O) groups is 1. The fourth-order valence-electron chi connectivity index (χ4n) is 1.78. The molecule has 114 valence electrons. The Balaban J connectivity index is 1.98. The van der Waals surface area contributed by atoms with Crippen molar-refractivity contribution in [2.45, 2.75) is 6.42 Å². The van der Waals surface area contributed by atoms with Crippen molar-refractivity contribution in [1.29, 1.82) is 0 Å². The van der Waals surface area contributed by atoms with E-state index in [9.17, 15) is 9.18 Å². The van der Waals surface area contributed by atoms with Crippen LogP contribution >= 0.6 is 11.6 Å². The first-order valence-electron chi connectivity index (χ1n) is 6.49. The summed E-state index contributed by atoms with van der Waals surface area (Å²) in [5, 5.41) is 4.20. The van der Waals surface area contributed by atoms with E-state index in [0.717, 1.165) is 0 Å². The SMILES string of the molecule is COc1ccc(Cl)c(CC(=O)N/N=C/c2ccccc2F)c1. The van der Waals surface area contributed by atoms with E-state index >= 15 is 0 Å². The molecule has 22 heavy (non-hydrogen) atoms. The number of nitrogens with zero attached hydrogens (tertiary/aromatic N) is 1. The lowest BCUT2D eigenvalue weighted by Gasteiger charge is -2.06. The monoisotopic (exact) mass is 320 g/mol. The highest BCUT2D eigenvalue weighted by Crippen LogP contribution is 2.22. The Hall–Kier alpha value is -2.40. The van der Waals surface area contributed by atoms with E-state index in [1.54, 1.807) is 36.4 Å². The number of nitrogens with one attached hydrogen (secondary N) is 1. The van der Waals surface area contributed by atoms with Gasteiger partial charge in [-0.2, -0.15) is 5.10 Å². The van der Waals surface area contributed by atoms with E-state index in [-0.39, 0.29) is 12.3 Å². The molecule has 0 saturated carbocycles. The summed E-state index contributed by atoms with van der Waals surface area (Å²) in [7, 11) is 1.53. The third-order valence-corrected chi connectivity index (χ3v) is 3.27. The number of methoxy groups -OCH3 is 1. The molecule has 6 heteroatoms. The first-order valence-corrected chi connectivity index (χ1v) is 6.87. The number of hydrogen-bond donors (Lipinski definition) is 1. The van der Waals surface area contributed by atoms with Crippen LogP contribution in [0.5, 0.6) is 5.75 Å². The van der Waals surface area contributed by atoms with Gasteiger partial charge in [-0.05, 0) is 29.8 Å². The van der Waals surface area contributed by atoms with Gasteiger partial charge in [-0.25, -0.2) is 9.82 Å². The standard InChI is InChI=1S/C16H14ClFN2O2/c1-22-13-6-7-14(17)12(8-13)9-16(21)20-19-10-11-4-2-3-5-15(11)18/h2-8,10H,9H2,1H3,(H,20,21)/b19-10+. The van der Waals surface area contributed by atoms with E-state index in [1.165, 1.54) is 19.4 Å². The molecule has 0 spiro atoms. The van der Waals surface area contributed by atoms with E-state index < -0.39 is 5.82 Å². The number of rotatable bonds is 5. The van der Waals surface area contributed by atoms with Crippen LogP contribution in [-0.2, 0) is 11.2 Å². The number of halogens is 2. The van der Waals surface area contributed by atoms with E-state index in [1.807, 2.05) is 0 Å². The summed E-state index contributed by atoms with van der Waals surface area (Å²) in [6, 6.07) is 11.2. The molecule has 0 fully saturated rings. The molecular formula is C16H14ClFN2O2. The molecule has 0 unspecified atom stereocenters. The van der Waals surface area contributed by atoms with Gasteiger partial charge in [0.15, 0.2) is 0 Å². The fraction of sp³-hybridized carbons (Fsp3) is 0.125. The van der Waals surface area contributed by atoms with Crippen molar-refractivity contribution < 1.29 is 13.9 Å². The Labute approximate surface area is 132 Å². The van der Waals surface area contributed by atoms with Gasteiger partial charge in [0.2, 0.25) is 5.91 Å². The van der Waals surface area contributed by atoms with Gasteiger partial charge in [-0.15, -0.1) is 0 Å². The second kappa shape index (κ2) is 7.56. The second-order valence-corrected chi connectivity index (χ2v) is 4.86. The molecular weight excluding hydrogens is 307 g/mol. The Morgan fingerprint density at radius 1 is 1.36 bits per heavy atom. The zero-order valence-electron chi connectivity index (χ0n) is 11.8. The number of hydrogen-bond acceptors (Lipinski definition) is 3. The number of carbonyl (C=O) groups excluding carboxylic acids is 1. The zero-order chi connectivity index (χ0) is 15.9.